The second-order valence-electron chi connectivity index (χ2n) is 5.01. The highest BCUT2D eigenvalue weighted by molar-refractivity contribution is 9.10. The molecule has 0 radical (unpaired) electrons. The zero-order valence-electron chi connectivity index (χ0n) is 11.1. The van der Waals surface area contributed by atoms with Crippen molar-refractivity contribution in [1.82, 2.24) is 0 Å². The lowest BCUT2D eigenvalue weighted by molar-refractivity contribution is -0.116. The number of nitrogens with one attached hydrogen (secondary N) is 2. The maximum absolute atomic E-state index is 12.3. The molecule has 1 aliphatic heterocycles. The molecule has 20 heavy (non-hydrogen) atoms. The lowest BCUT2D eigenvalue weighted by Crippen LogP contribution is -2.32. The number of carbonyl (C=O) groups excluding carboxylic acids is 1. The fourth-order valence-electron chi connectivity index (χ4n) is 2.41. The monoisotopic (exact) mass is 330 g/mol. The van der Waals surface area contributed by atoms with Crippen LogP contribution in [0.1, 0.15) is 11.1 Å². The Morgan fingerprint density at radius 2 is 2.10 bits per heavy atom. The molecule has 1 heterocycles. The number of benzene rings is 2. The maximum Gasteiger partial charge on any atom is 0.247 e. The first-order chi connectivity index (χ1) is 9.63. The molecule has 3 nitrogen and oxygen atoms in total. The minimum atomic E-state index is -0.198. The fourth-order valence-corrected chi connectivity index (χ4v) is 2.65. The van der Waals surface area contributed by atoms with E-state index in [-0.39, 0.29) is 11.9 Å². The molecule has 1 aliphatic rings. The van der Waals surface area contributed by atoms with Crippen molar-refractivity contribution < 1.29 is 4.79 Å². The van der Waals surface area contributed by atoms with Gasteiger partial charge in [-0.05, 0) is 42.3 Å². The molecule has 4 heteroatoms. The van der Waals surface area contributed by atoms with Gasteiger partial charge in [-0.1, -0.05) is 34.1 Å². The molecule has 1 unspecified atom stereocenters. The van der Waals surface area contributed by atoms with Gasteiger partial charge in [0, 0.05) is 22.3 Å². The molecule has 0 saturated carbocycles. The van der Waals surface area contributed by atoms with Gasteiger partial charge in [0.2, 0.25) is 5.91 Å². The summed E-state index contributed by atoms with van der Waals surface area (Å²) in [6.07, 6.45) is 0.734. The quantitative estimate of drug-likeness (QED) is 0.880. The Labute approximate surface area is 126 Å². The smallest absolute Gasteiger partial charge is 0.247 e. The largest absolute Gasteiger partial charge is 0.373 e. The average Bonchev–Trinajstić information content (AvgIpc) is 2.87. The highest BCUT2D eigenvalue weighted by Gasteiger charge is 2.26. The van der Waals surface area contributed by atoms with Crippen molar-refractivity contribution in [2.75, 3.05) is 10.6 Å². The van der Waals surface area contributed by atoms with Crippen molar-refractivity contribution in [2.45, 2.75) is 19.4 Å². The van der Waals surface area contributed by atoms with E-state index in [0.29, 0.717) is 0 Å². The molecular weight excluding hydrogens is 316 g/mol. The van der Waals surface area contributed by atoms with Gasteiger partial charge in [-0.3, -0.25) is 4.79 Å². The molecule has 1 amide bonds. The van der Waals surface area contributed by atoms with Crippen molar-refractivity contribution in [1.29, 1.82) is 0 Å². The van der Waals surface area contributed by atoms with Crippen LogP contribution in [0.4, 0.5) is 11.4 Å². The first-order valence-corrected chi connectivity index (χ1v) is 7.34. The van der Waals surface area contributed by atoms with E-state index in [1.54, 1.807) is 0 Å². The van der Waals surface area contributed by atoms with E-state index in [0.717, 1.165) is 27.8 Å². The molecule has 0 aliphatic carbocycles. The summed E-state index contributed by atoms with van der Waals surface area (Å²) in [5, 5.41) is 6.22. The molecule has 0 bridgehead atoms. The number of hydrogen-bond acceptors (Lipinski definition) is 2. The number of carbonyl (C=O) groups is 1. The van der Waals surface area contributed by atoms with Crippen LogP contribution in [0, 0.1) is 6.92 Å². The Kier molecular flexibility index (Phi) is 3.49. The molecule has 2 aromatic carbocycles. The topological polar surface area (TPSA) is 41.1 Å². The predicted octanol–water partition coefficient (Wildman–Crippen LogP) is 3.73. The van der Waals surface area contributed by atoms with Crippen LogP contribution in [-0.4, -0.2) is 11.9 Å². The Morgan fingerprint density at radius 1 is 1.30 bits per heavy atom. The van der Waals surface area contributed by atoms with E-state index < -0.39 is 0 Å². The molecule has 1 atom stereocenters. The number of fused-ring (bicyclic) bond motifs is 1. The van der Waals surface area contributed by atoms with Crippen molar-refractivity contribution in [3.63, 3.8) is 0 Å². The summed E-state index contributed by atoms with van der Waals surface area (Å²) < 4.78 is 1.04. The standard InChI is InChI=1S/C16H15BrN2O/c1-10-8-12(6-7-13(10)17)18-16(20)15-9-11-4-2-3-5-14(11)19-15/h2-8,15,19H,9H2,1H3,(H,18,20). The molecule has 0 saturated heterocycles. The van der Waals surface area contributed by atoms with Crippen LogP contribution >= 0.6 is 15.9 Å². The SMILES string of the molecule is Cc1cc(NC(=O)C2Cc3ccccc3N2)ccc1Br. The summed E-state index contributed by atoms with van der Waals surface area (Å²) in [5.41, 5.74) is 4.18. The molecule has 2 aromatic rings. The number of halogens is 1. The number of amides is 1. The summed E-state index contributed by atoms with van der Waals surface area (Å²) in [4.78, 5) is 12.3. The summed E-state index contributed by atoms with van der Waals surface area (Å²) in [7, 11) is 0. The third kappa shape index (κ3) is 2.56. The van der Waals surface area contributed by atoms with Crippen molar-refractivity contribution in [3.8, 4) is 0 Å². The van der Waals surface area contributed by atoms with Crippen molar-refractivity contribution >= 4 is 33.2 Å². The minimum Gasteiger partial charge on any atom is -0.373 e. The van der Waals surface area contributed by atoms with Gasteiger partial charge in [0.05, 0.1) is 0 Å². The van der Waals surface area contributed by atoms with Crippen LogP contribution in [0.5, 0.6) is 0 Å². The van der Waals surface area contributed by atoms with Crippen LogP contribution < -0.4 is 10.6 Å². The molecule has 0 aromatic heterocycles. The Morgan fingerprint density at radius 3 is 2.85 bits per heavy atom. The summed E-state index contributed by atoms with van der Waals surface area (Å²) in [6, 6.07) is 13.6. The molecule has 102 valence electrons. The first-order valence-electron chi connectivity index (χ1n) is 6.55. The third-order valence-corrected chi connectivity index (χ3v) is 4.40. The van der Waals surface area contributed by atoms with E-state index in [1.165, 1.54) is 5.56 Å². The Balaban J connectivity index is 1.71. The van der Waals surface area contributed by atoms with Gasteiger partial charge in [-0.15, -0.1) is 0 Å². The number of anilines is 2. The van der Waals surface area contributed by atoms with E-state index in [9.17, 15) is 4.79 Å². The molecule has 0 fully saturated rings. The minimum absolute atomic E-state index is 0.00271. The second kappa shape index (κ2) is 5.29. The van der Waals surface area contributed by atoms with Gasteiger partial charge in [-0.2, -0.15) is 0 Å². The van der Waals surface area contributed by atoms with E-state index in [2.05, 4.69) is 32.6 Å². The molecular formula is C16H15BrN2O. The van der Waals surface area contributed by atoms with Crippen molar-refractivity contribution in [3.05, 3.63) is 58.1 Å². The number of para-hydroxylation sites is 1. The van der Waals surface area contributed by atoms with E-state index >= 15 is 0 Å². The second-order valence-corrected chi connectivity index (χ2v) is 5.87. The predicted molar refractivity (Wildman–Crippen MR) is 85.1 cm³/mol. The third-order valence-electron chi connectivity index (χ3n) is 3.51. The van der Waals surface area contributed by atoms with Crippen LogP contribution in [0.25, 0.3) is 0 Å². The molecule has 3 rings (SSSR count). The van der Waals surface area contributed by atoms with Gasteiger partial charge >= 0.3 is 0 Å². The zero-order chi connectivity index (χ0) is 14.1. The first kappa shape index (κ1) is 13.2. The van der Waals surface area contributed by atoms with Crippen LogP contribution in [0.15, 0.2) is 46.9 Å². The van der Waals surface area contributed by atoms with Gasteiger partial charge in [-0.25, -0.2) is 0 Å². The molecule has 2 N–H and O–H groups in total. The number of aryl methyl sites for hydroxylation is 1. The maximum atomic E-state index is 12.3. The average molecular weight is 331 g/mol. The highest BCUT2D eigenvalue weighted by Crippen LogP contribution is 2.26. The van der Waals surface area contributed by atoms with Gasteiger partial charge in [0.1, 0.15) is 6.04 Å². The van der Waals surface area contributed by atoms with E-state index in [4.69, 9.17) is 0 Å². The Bertz CT molecular complexity index is 644. The lowest BCUT2D eigenvalue weighted by atomic mass is 10.1. The van der Waals surface area contributed by atoms with Gasteiger partial charge < -0.3 is 10.6 Å². The number of hydrogen-bond donors (Lipinski definition) is 2. The summed E-state index contributed by atoms with van der Waals surface area (Å²) in [5.74, 6) is 0.00271. The summed E-state index contributed by atoms with van der Waals surface area (Å²) >= 11 is 3.46. The van der Waals surface area contributed by atoms with Gasteiger partial charge in [0.25, 0.3) is 0 Å². The fraction of sp³-hybridized carbons (Fsp3) is 0.188. The number of rotatable bonds is 2. The van der Waals surface area contributed by atoms with E-state index in [1.807, 2.05) is 43.3 Å². The van der Waals surface area contributed by atoms with Crippen LogP contribution in [0.3, 0.4) is 0 Å². The zero-order valence-corrected chi connectivity index (χ0v) is 12.7. The van der Waals surface area contributed by atoms with Crippen LogP contribution in [0.2, 0.25) is 0 Å². The normalized spacial score (nSPS) is 16.4. The molecule has 0 spiro atoms. The van der Waals surface area contributed by atoms with Crippen LogP contribution in [-0.2, 0) is 11.2 Å². The lowest BCUT2D eigenvalue weighted by Gasteiger charge is -2.12. The van der Waals surface area contributed by atoms with Crippen molar-refractivity contribution in [2.24, 2.45) is 0 Å². The Hall–Kier alpha value is -1.81. The highest BCUT2D eigenvalue weighted by atomic mass is 79.9. The van der Waals surface area contributed by atoms with Gasteiger partial charge in [0.15, 0.2) is 0 Å². The summed E-state index contributed by atoms with van der Waals surface area (Å²) in [6.45, 7) is 2.00.